The number of rotatable bonds is 2. The van der Waals surface area contributed by atoms with Crippen molar-refractivity contribution in [3.63, 3.8) is 0 Å². The Balaban J connectivity index is 2.73. The van der Waals surface area contributed by atoms with Gasteiger partial charge in [0.1, 0.15) is 6.10 Å². The van der Waals surface area contributed by atoms with Crippen LogP contribution in [-0.2, 0) is 9.53 Å². The molecular weight excluding hydrogens is 188 g/mol. The van der Waals surface area contributed by atoms with E-state index in [1.54, 1.807) is 0 Å². The Hall–Kier alpha value is -0.790. The van der Waals surface area contributed by atoms with Crippen LogP contribution < -0.4 is 0 Å². The summed E-state index contributed by atoms with van der Waals surface area (Å²) >= 11 is 0. The first-order valence-corrected chi connectivity index (χ1v) is 5.64. The van der Waals surface area contributed by atoms with Crippen LogP contribution in [0, 0.1) is 11.3 Å². The molecule has 0 aliphatic heterocycles. The molecule has 0 spiro atoms. The van der Waals surface area contributed by atoms with Gasteiger partial charge in [0.15, 0.2) is 0 Å². The van der Waals surface area contributed by atoms with E-state index in [9.17, 15) is 4.79 Å². The van der Waals surface area contributed by atoms with Gasteiger partial charge in [-0.25, -0.2) is 0 Å². The molecule has 1 aliphatic rings. The Bertz CT molecular complexity index is 266. The molecule has 0 heterocycles. The van der Waals surface area contributed by atoms with Gasteiger partial charge in [0.05, 0.1) is 0 Å². The largest absolute Gasteiger partial charge is 0.462 e. The number of carbonyl (C=O) groups excluding carboxylic acids is 1. The van der Waals surface area contributed by atoms with E-state index in [0.717, 1.165) is 18.4 Å². The van der Waals surface area contributed by atoms with Gasteiger partial charge in [-0.05, 0) is 31.6 Å². The molecule has 0 radical (unpaired) electrons. The molecule has 1 aliphatic carbocycles. The van der Waals surface area contributed by atoms with Crippen LogP contribution in [0.25, 0.3) is 0 Å². The van der Waals surface area contributed by atoms with Gasteiger partial charge in [-0.2, -0.15) is 0 Å². The van der Waals surface area contributed by atoms with Crippen LogP contribution >= 0.6 is 0 Å². The lowest BCUT2D eigenvalue weighted by molar-refractivity contribution is -0.152. The normalized spacial score (nSPS) is 29.6. The molecule has 0 aromatic carbocycles. The third-order valence-corrected chi connectivity index (χ3v) is 3.28. The SMILES string of the molecule is C=C(C)C1CCC(C)(C)CC1OC(C)=O. The molecule has 2 heteroatoms. The Morgan fingerprint density at radius 3 is 2.47 bits per heavy atom. The maximum atomic E-state index is 11.0. The smallest absolute Gasteiger partial charge is 0.302 e. The summed E-state index contributed by atoms with van der Waals surface area (Å²) in [5.41, 5.74) is 1.42. The zero-order valence-corrected chi connectivity index (χ0v) is 10.3. The molecule has 2 nitrogen and oxygen atoms in total. The highest BCUT2D eigenvalue weighted by Gasteiger charge is 2.36. The van der Waals surface area contributed by atoms with Gasteiger partial charge in [0.2, 0.25) is 0 Å². The minimum atomic E-state index is -0.177. The average molecular weight is 210 g/mol. The number of hydrogen-bond donors (Lipinski definition) is 0. The first-order chi connectivity index (χ1) is 6.82. The Morgan fingerprint density at radius 1 is 1.40 bits per heavy atom. The van der Waals surface area contributed by atoms with Crippen LogP contribution in [0.5, 0.6) is 0 Å². The summed E-state index contributed by atoms with van der Waals surface area (Å²) in [6.07, 6.45) is 3.25. The molecule has 0 aromatic rings. The second kappa shape index (κ2) is 4.38. The predicted molar refractivity (Wildman–Crippen MR) is 61.5 cm³/mol. The van der Waals surface area contributed by atoms with Gasteiger partial charge in [-0.3, -0.25) is 4.79 Å². The number of hydrogen-bond acceptors (Lipinski definition) is 2. The van der Waals surface area contributed by atoms with Crippen molar-refractivity contribution in [2.45, 2.75) is 53.1 Å². The highest BCUT2D eigenvalue weighted by Crippen LogP contribution is 2.41. The molecule has 0 N–H and O–H groups in total. The highest BCUT2D eigenvalue weighted by atomic mass is 16.5. The number of esters is 1. The van der Waals surface area contributed by atoms with Crippen molar-refractivity contribution in [1.82, 2.24) is 0 Å². The van der Waals surface area contributed by atoms with Crippen molar-refractivity contribution in [2.75, 3.05) is 0 Å². The molecule has 1 rings (SSSR count). The summed E-state index contributed by atoms with van der Waals surface area (Å²) in [6.45, 7) is 12.0. The minimum Gasteiger partial charge on any atom is -0.462 e. The van der Waals surface area contributed by atoms with Gasteiger partial charge >= 0.3 is 5.97 Å². The first kappa shape index (κ1) is 12.3. The van der Waals surface area contributed by atoms with Crippen LogP contribution in [-0.4, -0.2) is 12.1 Å². The van der Waals surface area contributed by atoms with Crippen LogP contribution in [0.1, 0.15) is 47.0 Å². The maximum absolute atomic E-state index is 11.0. The fourth-order valence-electron chi connectivity index (χ4n) is 2.42. The zero-order valence-electron chi connectivity index (χ0n) is 10.3. The lowest BCUT2D eigenvalue weighted by atomic mass is 9.70. The van der Waals surface area contributed by atoms with Crippen LogP contribution in [0.4, 0.5) is 0 Å². The molecule has 15 heavy (non-hydrogen) atoms. The van der Waals surface area contributed by atoms with Gasteiger partial charge in [0.25, 0.3) is 0 Å². The van der Waals surface area contributed by atoms with E-state index in [0.29, 0.717) is 5.92 Å². The molecule has 2 atom stereocenters. The monoisotopic (exact) mass is 210 g/mol. The van der Waals surface area contributed by atoms with E-state index >= 15 is 0 Å². The second-order valence-electron chi connectivity index (χ2n) is 5.51. The van der Waals surface area contributed by atoms with Crippen molar-refractivity contribution in [2.24, 2.45) is 11.3 Å². The Morgan fingerprint density at radius 2 is 2.00 bits per heavy atom. The van der Waals surface area contributed by atoms with Gasteiger partial charge < -0.3 is 4.74 Å². The van der Waals surface area contributed by atoms with Crippen molar-refractivity contribution >= 4 is 5.97 Å². The summed E-state index contributed by atoms with van der Waals surface area (Å²) in [6, 6.07) is 0. The fraction of sp³-hybridized carbons (Fsp3) is 0.769. The molecular formula is C13H22O2. The van der Waals surface area contributed by atoms with Crippen molar-refractivity contribution in [1.29, 1.82) is 0 Å². The highest BCUT2D eigenvalue weighted by molar-refractivity contribution is 5.66. The minimum absolute atomic E-state index is 0.0312. The van der Waals surface area contributed by atoms with E-state index in [1.165, 1.54) is 13.3 Å². The molecule has 0 saturated heterocycles. The standard InChI is InChI=1S/C13H22O2/c1-9(2)11-6-7-13(4,5)8-12(11)15-10(3)14/h11-12H,1,6-8H2,2-5H3. The topological polar surface area (TPSA) is 26.3 Å². The lowest BCUT2D eigenvalue weighted by Gasteiger charge is -2.40. The van der Waals surface area contributed by atoms with Gasteiger partial charge in [-0.15, -0.1) is 0 Å². The molecule has 0 bridgehead atoms. The Labute approximate surface area is 92.7 Å². The first-order valence-electron chi connectivity index (χ1n) is 5.64. The molecule has 0 amide bonds. The van der Waals surface area contributed by atoms with Gasteiger partial charge in [0, 0.05) is 12.8 Å². The maximum Gasteiger partial charge on any atom is 0.302 e. The summed E-state index contributed by atoms with van der Waals surface area (Å²) in [4.78, 5) is 11.0. The van der Waals surface area contributed by atoms with Crippen molar-refractivity contribution < 1.29 is 9.53 Å². The average Bonchev–Trinajstić information content (AvgIpc) is 1.99. The summed E-state index contributed by atoms with van der Waals surface area (Å²) < 4.78 is 5.40. The fourth-order valence-corrected chi connectivity index (χ4v) is 2.42. The Kier molecular flexibility index (Phi) is 3.58. The quantitative estimate of drug-likeness (QED) is 0.516. The van der Waals surface area contributed by atoms with E-state index < -0.39 is 0 Å². The van der Waals surface area contributed by atoms with Crippen molar-refractivity contribution in [3.05, 3.63) is 12.2 Å². The number of carbonyl (C=O) groups is 1. The predicted octanol–water partition coefficient (Wildman–Crippen LogP) is 3.32. The summed E-state index contributed by atoms with van der Waals surface area (Å²) in [5, 5.41) is 0. The zero-order chi connectivity index (χ0) is 11.6. The van der Waals surface area contributed by atoms with Gasteiger partial charge in [-0.1, -0.05) is 26.0 Å². The van der Waals surface area contributed by atoms with Crippen LogP contribution in [0.3, 0.4) is 0 Å². The van der Waals surface area contributed by atoms with Crippen LogP contribution in [0.2, 0.25) is 0 Å². The van der Waals surface area contributed by atoms with Crippen LogP contribution in [0.15, 0.2) is 12.2 Å². The molecule has 1 saturated carbocycles. The van der Waals surface area contributed by atoms with E-state index in [2.05, 4.69) is 20.4 Å². The van der Waals surface area contributed by atoms with E-state index in [4.69, 9.17) is 4.74 Å². The summed E-state index contributed by atoms with van der Waals surface area (Å²) in [5.74, 6) is 0.172. The third kappa shape index (κ3) is 3.37. The van der Waals surface area contributed by atoms with E-state index in [-0.39, 0.29) is 17.5 Å². The number of ether oxygens (including phenoxy) is 1. The summed E-state index contributed by atoms with van der Waals surface area (Å²) in [7, 11) is 0. The lowest BCUT2D eigenvalue weighted by Crippen LogP contribution is -2.37. The molecule has 2 unspecified atom stereocenters. The van der Waals surface area contributed by atoms with Crippen molar-refractivity contribution in [3.8, 4) is 0 Å². The molecule has 1 fully saturated rings. The van der Waals surface area contributed by atoms with E-state index in [1.807, 2.05) is 6.92 Å². The molecule has 0 aromatic heterocycles. The third-order valence-electron chi connectivity index (χ3n) is 3.28. The molecule has 86 valence electrons. The second-order valence-corrected chi connectivity index (χ2v) is 5.51.